The van der Waals surface area contributed by atoms with Crippen LogP contribution in [0.4, 0.5) is 0 Å². The minimum Gasteiger partial charge on any atom is -0.494 e. The summed E-state index contributed by atoms with van der Waals surface area (Å²) in [5.74, 6) is 0.471. The van der Waals surface area contributed by atoms with Crippen LogP contribution in [0.25, 0.3) is 10.9 Å². The molecule has 1 amide bonds. The maximum atomic E-state index is 12.8. The highest BCUT2D eigenvalue weighted by Gasteiger charge is 2.27. The lowest BCUT2D eigenvalue weighted by Crippen LogP contribution is -2.36. The number of amides is 1. The van der Waals surface area contributed by atoms with Crippen molar-refractivity contribution < 1.29 is 9.53 Å². The van der Waals surface area contributed by atoms with Crippen LogP contribution in [0, 0.1) is 6.92 Å². The van der Waals surface area contributed by atoms with Crippen molar-refractivity contribution in [1.82, 2.24) is 19.9 Å². The number of nitrogens with one attached hydrogen (secondary N) is 1. The summed E-state index contributed by atoms with van der Waals surface area (Å²) in [6, 6.07) is 1.85. The number of aromatic nitrogens is 3. The van der Waals surface area contributed by atoms with Gasteiger partial charge in [-0.2, -0.15) is 0 Å². The van der Waals surface area contributed by atoms with E-state index in [0.29, 0.717) is 35.3 Å². The largest absolute Gasteiger partial charge is 0.494 e. The number of nitrogens with zero attached hydrogens (tertiary/aromatic N) is 3. The van der Waals surface area contributed by atoms with Gasteiger partial charge in [-0.1, -0.05) is 50.9 Å². The molecule has 1 aromatic carbocycles. The Morgan fingerprint density at radius 2 is 1.80 bits per heavy atom. The quantitative estimate of drug-likeness (QED) is 0.532. The number of methoxy groups -OCH3 is 1. The average molecular weight is 451 g/mol. The van der Waals surface area contributed by atoms with E-state index in [1.807, 2.05) is 40.7 Å². The molecule has 0 unspecified atom stereocenters. The first-order valence-electron chi connectivity index (χ1n) is 10.1. The molecule has 1 aliphatic heterocycles. The van der Waals surface area contributed by atoms with Crippen LogP contribution in [0.5, 0.6) is 5.75 Å². The third kappa shape index (κ3) is 4.55. The van der Waals surface area contributed by atoms with Crippen molar-refractivity contribution in [3.63, 3.8) is 0 Å². The first-order valence-corrected chi connectivity index (χ1v) is 10.9. The van der Waals surface area contributed by atoms with E-state index >= 15 is 0 Å². The summed E-state index contributed by atoms with van der Waals surface area (Å²) in [7, 11) is 1.53. The highest BCUT2D eigenvalue weighted by Crippen LogP contribution is 2.38. The fourth-order valence-electron chi connectivity index (χ4n) is 3.39. The molecule has 1 N–H and O–H groups in total. The molecule has 6 nitrogen and oxygen atoms in total. The number of aromatic amines is 1. The van der Waals surface area contributed by atoms with E-state index in [1.165, 1.54) is 19.5 Å². The number of ether oxygens (including phenoxy) is 1. The molecule has 8 heteroatoms. The Labute approximate surface area is 187 Å². The lowest BCUT2D eigenvalue weighted by molar-refractivity contribution is 0.0722. The molecule has 0 atom stereocenters. The van der Waals surface area contributed by atoms with E-state index in [4.69, 9.17) is 27.9 Å². The van der Waals surface area contributed by atoms with Crippen molar-refractivity contribution in [2.24, 2.45) is 0 Å². The zero-order valence-corrected chi connectivity index (χ0v) is 19.8. The van der Waals surface area contributed by atoms with Crippen LogP contribution in [0.2, 0.25) is 10.0 Å². The molecule has 2 aromatic heterocycles. The summed E-state index contributed by atoms with van der Waals surface area (Å²) in [6.45, 7) is 11.0. The molecule has 0 spiro atoms. The highest BCUT2D eigenvalue weighted by atomic mass is 35.5. The van der Waals surface area contributed by atoms with Crippen LogP contribution in [0.15, 0.2) is 18.5 Å². The van der Waals surface area contributed by atoms with Crippen LogP contribution in [0.1, 0.15) is 55.1 Å². The molecule has 3 aromatic rings. The van der Waals surface area contributed by atoms with Crippen molar-refractivity contribution in [2.45, 2.75) is 47.6 Å². The number of benzene rings is 1. The topological polar surface area (TPSA) is 71.1 Å². The second-order valence-corrected chi connectivity index (χ2v) is 7.03. The number of halogens is 2. The standard InChI is InChI=1S/C18H16Cl2N4O2.2C2H6/c1-9-5-12(19)15(20)16-14(9)11-8-24(4-3-13(11)23-16)18(25)17-21-6-10(26-2)7-22-17;2*1-2/h5-7,23H,3-4,8H2,1-2H3;2*1-2H3. The Balaban J connectivity index is 0.000000757. The van der Waals surface area contributed by atoms with Gasteiger partial charge in [-0.15, -0.1) is 0 Å². The van der Waals surface area contributed by atoms with Crippen LogP contribution in [-0.4, -0.2) is 39.4 Å². The summed E-state index contributed by atoms with van der Waals surface area (Å²) in [4.78, 5) is 26.1. The molecular weight excluding hydrogens is 423 g/mol. The van der Waals surface area contributed by atoms with E-state index in [1.54, 1.807) is 4.90 Å². The van der Waals surface area contributed by atoms with Crippen molar-refractivity contribution in [2.75, 3.05) is 13.7 Å². The summed E-state index contributed by atoms with van der Waals surface area (Å²) >= 11 is 12.6. The van der Waals surface area contributed by atoms with Gasteiger partial charge in [0.05, 0.1) is 35.1 Å². The summed E-state index contributed by atoms with van der Waals surface area (Å²) in [5, 5.41) is 2.07. The molecule has 0 aliphatic carbocycles. The molecule has 3 heterocycles. The Hall–Kier alpha value is -2.31. The van der Waals surface area contributed by atoms with Crippen molar-refractivity contribution in [3.8, 4) is 5.75 Å². The van der Waals surface area contributed by atoms with Crippen molar-refractivity contribution in [3.05, 3.63) is 51.2 Å². The fraction of sp³-hybridized carbons (Fsp3) is 0.409. The molecule has 0 bridgehead atoms. The number of hydrogen-bond acceptors (Lipinski definition) is 4. The third-order valence-electron chi connectivity index (χ3n) is 4.68. The minimum atomic E-state index is -0.203. The zero-order chi connectivity index (χ0) is 22.4. The Bertz CT molecular complexity index is 1020. The van der Waals surface area contributed by atoms with Gasteiger partial charge in [0, 0.05) is 36.2 Å². The number of carbonyl (C=O) groups is 1. The van der Waals surface area contributed by atoms with Gasteiger partial charge in [-0.05, 0) is 18.6 Å². The number of aryl methyl sites for hydroxylation is 1. The molecule has 162 valence electrons. The van der Waals surface area contributed by atoms with Gasteiger partial charge in [0.25, 0.3) is 5.91 Å². The zero-order valence-electron chi connectivity index (χ0n) is 18.3. The lowest BCUT2D eigenvalue weighted by atomic mass is 10.0. The molecular formula is C22H28Cl2N4O2. The predicted molar refractivity (Wildman–Crippen MR) is 123 cm³/mol. The van der Waals surface area contributed by atoms with Gasteiger partial charge >= 0.3 is 0 Å². The number of carbonyl (C=O) groups excluding carboxylic acids is 1. The van der Waals surface area contributed by atoms with Crippen LogP contribution >= 0.6 is 23.2 Å². The maximum absolute atomic E-state index is 12.8. The van der Waals surface area contributed by atoms with Gasteiger partial charge in [-0.3, -0.25) is 4.79 Å². The monoisotopic (exact) mass is 450 g/mol. The van der Waals surface area contributed by atoms with E-state index in [2.05, 4.69) is 15.0 Å². The van der Waals surface area contributed by atoms with Crippen molar-refractivity contribution in [1.29, 1.82) is 0 Å². The molecule has 30 heavy (non-hydrogen) atoms. The lowest BCUT2D eigenvalue weighted by Gasteiger charge is -2.26. The smallest absolute Gasteiger partial charge is 0.291 e. The van der Waals surface area contributed by atoms with E-state index in [0.717, 1.165) is 27.7 Å². The van der Waals surface area contributed by atoms with Gasteiger partial charge < -0.3 is 14.6 Å². The molecule has 0 saturated carbocycles. The van der Waals surface area contributed by atoms with Crippen LogP contribution < -0.4 is 4.74 Å². The number of H-pyrrole nitrogens is 1. The van der Waals surface area contributed by atoms with Gasteiger partial charge in [0.15, 0.2) is 5.75 Å². The molecule has 0 saturated heterocycles. The van der Waals surface area contributed by atoms with E-state index < -0.39 is 0 Å². The summed E-state index contributed by atoms with van der Waals surface area (Å²) in [6.07, 6.45) is 3.69. The first-order chi connectivity index (χ1) is 14.5. The number of fused-ring (bicyclic) bond motifs is 3. The molecule has 0 radical (unpaired) electrons. The Kier molecular flexibility index (Phi) is 8.50. The highest BCUT2D eigenvalue weighted by molar-refractivity contribution is 6.45. The molecule has 0 fully saturated rings. The van der Waals surface area contributed by atoms with Gasteiger partial charge in [0.1, 0.15) is 0 Å². The van der Waals surface area contributed by atoms with Crippen LogP contribution in [0.3, 0.4) is 0 Å². The summed E-state index contributed by atoms with van der Waals surface area (Å²) < 4.78 is 5.04. The van der Waals surface area contributed by atoms with Gasteiger partial charge in [0.2, 0.25) is 5.82 Å². The first kappa shape index (κ1) is 24.0. The number of hydrogen-bond donors (Lipinski definition) is 1. The average Bonchev–Trinajstić information content (AvgIpc) is 3.19. The second-order valence-electron chi connectivity index (χ2n) is 6.24. The van der Waals surface area contributed by atoms with E-state index in [-0.39, 0.29) is 11.7 Å². The SMILES string of the molecule is CC.CC.COc1cnc(C(=O)N2CCc3[nH]c4c(Cl)c(Cl)cc(C)c4c3C2)nc1. The fourth-order valence-corrected chi connectivity index (χ4v) is 3.84. The second kappa shape index (κ2) is 10.6. The summed E-state index contributed by atoms with van der Waals surface area (Å²) in [5.41, 5.74) is 4.02. The van der Waals surface area contributed by atoms with Gasteiger partial charge in [-0.25, -0.2) is 9.97 Å². The van der Waals surface area contributed by atoms with E-state index in [9.17, 15) is 4.79 Å². The number of rotatable bonds is 2. The minimum absolute atomic E-state index is 0.159. The molecule has 1 aliphatic rings. The Morgan fingerprint density at radius 3 is 2.40 bits per heavy atom. The van der Waals surface area contributed by atoms with Crippen molar-refractivity contribution >= 4 is 40.0 Å². The molecule has 4 rings (SSSR count). The third-order valence-corrected chi connectivity index (χ3v) is 5.47. The maximum Gasteiger partial charge on any atom is 0.291 e. The normalized spacial score (nSPS) is 12.3. The Morgan fingerprint density at radius 1 is 1.17 bits per heavy atom. The predicted octanol–water partition coefficient (Wildman–Crippen LogP) is 5.83. The van der Waals surface area contributed by atoms with Crippen LogP contribution in [-0.2, 0) is 13.0 Å².